The highest BCUT2D eigenvalue weighted by atomic mass is 16.6. The van der Waals surface area contributed by atoms with Crippen molar-refractivity contribution in [3.8, 4) is 0 Å². The number of ether oxygens (including phenoxy) is 2. The molecule has 0 aliphatic heterocycles. The van der Waals surface area contributed by atoms with Crippen molar-refractivity contribution in [3.05, 3.63) is 65.7 Å². The minimum absolute atomic E-state index is 0.287. The molecule has 0 aromatic heterocycles. The van der Waals surface area contributed by atoms with Crippen molar-refractivity contribution in [2.24, 2.45) is 0 Å². The number of carbonyl (C=O) groups is 3. The van der Waals surface area contributed by atoms with Gasteiger partial charge in [0, 0.05) is 12.1 Å². The van der Waals surface area contributed by atoms with Gasteiger partial charge in [-0.25, -0.2) is 9.59 Å². The fraction of sp³-hybridized carbons (Fsp3) is 0.348. The van der Waals surface area contributed by atoms with E-state index in [-0.39, 0.29) is 6.61 Å². The molecular formula is C23H28N2O5. The zero-order valence-corrected chi connectivity index (χ0v) is 17.7. The van der Waals surface area contributed by atoms with Gasteiger partial charge in [-0.3, -0.25) is 4.79 Å². The third kappa shape index (κ3) is 7.58. The molecule has 2 amide bonds. The molecule has 160 valence electrons. The highest BCUT2D eigenvalue weighted by Gasteiger charge is 2.25. The number of anilines is 1. The van der Waals surface area contributed by atoms with Crippen LogP contribution in [-0.4, -0.2) is 36.2 Å². The fourth-order valence-electron chi connectivity index (χ4n) is 2.64. The molecule has 0 heterocycles. The number of esters is 1. The molecule has 2 aromatic rings. The summed E-state index contributed by atoms with van der Waals surface area (Å²) >= 11 is 0. The van der Waals surface area contributed by atoms with Crippen LogP contribution >= 0.6 is 0 Å². The second-order valence-electron chi connectivity index (χ2n) is 7.68. The molecule has 2 N–H and O–H groups in total. The lowest BCUT2D eigenvalue weighted by Gasteiger charge is -2.23. The van der Waals surface area contributed by atoms with E-state index in [9.17, 15) is 14.4 Å². The maximum Gasteiger partial charge on any atom is 0.408 e. The molecule has 0 fully saturated rings. The van der Waals surface area contributed by atoms with Crippen molar-refractivity contribution in [1.29, 1.82) is 0 Å². The second-order valence-corrected chi connectivity index (χ2v) is 7.68. The van der Waals surface area contributed by atoms with E-state index in [0.29, 0.717) is 17.7 Å². The van der Waals surface area contributed by atoms with E-state index in [1.165, 1.54) is 0 Å². The Morgan fingerprint density at radius 1 is 0.967 bits per heavy atom. The van der Waals surface area contributed by atoms with Gasteiger partial charge in [0.05, 0.1) is 12.2 Å². The first-order valence-corrected chi connectivity index (χ1v) is 9.79. The summed E-state index contributed by atoms with van der Waals surface area (Å²) in [4.78, 5) is 36.9. The Morgan fingerprint density at radius 2 is 1.60 bits per heavy atom. The summed E-state index contributed by atoms with van der Waals surface area (Å²) in [5.74, 6) is -0.822. The van der Waals surface area contributed by atoms with E-state index >= 15 is 0 Å². The molecule has 0 saturated heterocycles. The number of hydrogen-bond donors (Lipinski definition) is 2. The molecule has 1 atom stereocenters. The van der Waals surface area contributed by atoms with Crippen LogP contribution in [0.1, 0.15) is 43.6 Å². The van der Waals surface area contributed by atoms with Gasteiger partial charge < -0.3 is 20.1 Å². The van der Waals surface area contributed by atoms with Gasteiger partial charge in [0.25, 0.3) is 0 Å². The molecule has 0 bridgehead atoms. The minimum Gasteiger partial charge on any atom is -0.462 e. The third-order valence-electron chi connectivity index (χ3n) is 3.95. The Bertz CT molecular complexity index is 857. The topological polar surface area (TPSA) is 93.7 Å². The molecular weight excluding hydrogens is 384 g/mol. The number of rotatable bonds is 7. The zero-order chi connectivity index (χ0) is 22.1. The number of carbonyl (C=O) groups excluding carboxylic acids is 3. The summed E-state index contributed by atoms with van der Waals surface area (Å²) in [6.07, 6.45) is -0.372. The lowest BCUT2D eigenvalue weighted by atomic mass is 10.1. The van der Waals surface area contributed by atoms with Crippen LogP contribution in [0.2, 0.25) is 0 Å². The van der Waals surface area contributed by atoms with E-state index < -0.39 is 29.6 Å². The molecule has 0 aliphatic rings. The Hall–Kier alpha value is -3.35. The summed E-state index contributed by atoms with van der Waals surface area (Å²) < 4.78 is 10.2. The maximum absolute atomic E-state index is 12.9. The molecule has 0 unspecified atom stereocenters. The van der Waals surface area contributed by atoms with Crippen LogP contribution in [0.4, 0.5) is 10.5 Å². The van der Waals surface area contributed by atoms with E-state index in [1.54, 1.807) is 52.0 Å². The normalized spacial score (nSPS) is 11.9. The van der Waals surface area contributed by atoms with Crippen LogP contribution in [0.5, 0.6) is 0 Å². The summed E-state index contributed by atoms with van der Waals surface area (Å²) in [5, 5.41) is 5.41. The van der Waals surface area contributed by atoms with E-state index in [1.807, 2.05) is 30.3 Å². The Labute approximate surface area is 176 Å². The first kappa shape index (κ1) is 22.9. The van der Waals surface area contributed by atoms with Gasteiger partial charge in [-0.05, 0) is 57.5 Å². The first-order chi connectivity index (χ1) is 14.2. The Morgan fingerprint density at radius 3 is 2.17 bits per heavy atom. The predicted molar refractivity (Wildman–Crippen MR) is 114 cm³/mol. The van der Waals surface area contributed by atoms with Gasteiger partial charge in [0.1, 0.15) is 11.6 Å². The quantitative estimate of drug-likeness (QED) is 0.672. The molecule has 7 heteroatoms. The van der Waals surface area contributed by atoms with Crippen molar-refractivity contribution in [3.63, 3.8) is 0 Å². The molecule has 0 aliphatic carbocycles. The van der Waals surface area contributed by atoms with Gasteiger partial charge in [0.2, 0.25) is 5.91 Å². The van der Waals surface area contributed by atoms with E-state index in [2.05, 4.69) is 10.6 Å². The fourth-order valence-corrected chi connectivity index (χ4v) is 2.64. The van der Waals surface area contributed by atoms with Crippen molar-refractivity contribution < 1.29 is 23.9 Å². The van der Waals surface area contributed by atoms with Gasteiger partial charge in [0.15, 0.2) is 0 Å². The van der Waals surface area contributed by atoms with Crippen LogP contribution in [0, 0.1) is 0 Å². The molecule has 0 radical (unpaired) electrons. The Balaban J connectivity index is 2.11. The van der Waals surface area contributed by atoms with Gasteiger partial charge >= 0.3 is 12.1 Å². The van der Waals surface area contributed by atoms with Crippen molar-refractivity contribution in [1.82, 2.24) is 5.32 Å². The second kappa shape index (κ2) is 10.4. The number of amides is 2. The van der Waals surface area contributed by atoms with Crippen molar-refractivity contribution >= 4 is 23.7 Å². The van der Waals surface area contributed by atoms with Crippen LogP contribution in [-0.2, 0) is 20.7 Å². The molecule has 30 heavy (non-hydrogen) atoms. The largest absolute Gasteiger partial charge is 0.462 e. The standard InChI is InChI=1S/C23H28N2O5/c1-5-29-21(27)17-11-13-18(14-12-17)24-20(26)19(15-16-9-7-6-8-10-16)25-22(28)30-23(2,3)4/h6-14,19H,5,15H2,1-4H3,(H,24,26)(H,25,28)/t19-/m0/s1. The summed E-state index contributed by atoms with van der Waals surface area (Å²) in [6, 6.07) is 14.9. The number of nitrogens with one attached hydrogen (secondary N) is 2. The van der Waals surface area contributed by atoms with Crippen LogP contribution in [0.25, 0.3) is 0 Å². The smallest absolute Gasteiger partial charge is 0.408 e. The number of benzene rings is 2. The zero-order valence-electron chi connectivity index (χ0n) is 17.7. The summed E-state index contributed by atoms with van der Waals surface area (Å²) in [5.41, 5.74) is 1.10. The highest BCUT2D eigenvalue weighted by molar-refractivity contribution is 5.97. The van der Waals surface area contributed by atoms with E-state index in [4.69, 9.17) is 9.47 Å². The minimum atomic E-state index is -0.841. The average Bonchev–Trinajstić information content (AvgIpc) is 2.67. The summed E-state index contributed by atoms with van der Waals surface area (Å²) in [7, 11) is 0. The lowest BCUT2D eigenvalue weighted by Crippen LogP contribution is -2.47. The molecule has 2 aromatic carbocycles. The summed E-state index contributed by atoms with van der Waals surface area (Å²) in [6.45, 7) is 7.28. The van der Waals surface area contributed by atoms with Crippen LogP contribution < -0.4 is 10.6 Å². The van der Waals surface area contributed by atoms with E-state index in [0.717, 1.165) is 5.56 Å². The highest BCUT2D eigenvalue weighted by Crippen LogP contribution is 2.13. The van der Waals surface area contributed by atoms with Crippen LogP contribution in [0.15, 0.2) is 54.6 Å². The number of alkyl carbamates (subject to hydrolysis) is 1. The first-order valence-electron chi connectivity index (χ1n) is 9.79. The molecule has 2 rings (SSSR count). The van der Waals surface area contributed by atoms with Crippen molar-refractivity contribution in [2.75, 3.05) is 11.9 Å². The SMILES string of the molecule is CCOC(=O)c1ccc(NC(=O)[C@H](Cc2ccccc2)NC(=O)OC(C)(C)C)cc1. The monoisotopic (exact) mass is 412 g/mol. The average molecular weight is 412 g/mol. The molecule has 0 saturated carbocycles. The van der Waals surface area contributed by atoms with Crippen molar-refractivity contribution in [2.45, 2.75) is 45.8 Å². The van der Waals surface area contributed by atoms with Gasteiger partial charge in [-0.15, -0.1) is 0 Å². The van der Waals surface area contributed by atoms with Gasteiger partial charge in [-0.1, -0.05) is 30.3 Å². The van der Waals surface area contributed by atoms with Gasteiger partial charge in [-0.2, -0.15) is 0 Å². The number of hydrogen-bond acceptors (Lipinski definition) is 5. The van der Waals surface area contributed by atoms with Crippen LogP contribution in [0.3, 0.4) is 0 Å². The third-order valence-corrected chi connectivity index (χ3v) is 3.95. The predicted octanol–water partition coefficient (Wildman–Crippen LogP) is 3.94. The Kier molecular flexibility index (Phi) is 7.98. The maximum atomic E-state index is 12.9. The lowest BCUT2D eigenvalue weighted by molar-refractivity contribution is -0.118. The molecule has 0 spiro atoms. The molecule has 7 nitrogen and oxygen atoms in total.